The lowest BCUT2D eigenvalue weighted by molar-refractivity contribution is -0.247. The van der Waals surface area contributed by atoms with Crippen molar-refractivity contribution in [1.29, 1.82) is 0 Å². The third-order valence-corrected chi connectivity index (χ3v) is 3.91. The number of benzene rings is 1. The zero-order valence-electron chi connectivity index (χ0n) is 14.0. The number of carbonyl (C=O) groups is 2. The smallest absolute Gasteiger partial charge is 0.303 e. The van der Waals surface area contributed by atoms with Gasteiger partial charge in [-0.05, 0) is 11.1 Å². The Kier molecular flexibility index (Phi) is 6.49. The van der Waals surface area contributed by atoms with Crippen LogP contribution in [0, 0.1) is 0 Å². The monoisotopic (exact) mass is 354 g/mol. The van der Waals surface area contributed by atoms with Gasteiger partial charge >= 0.3 is 11.9 Å². The van der Waals surface area contributed by atoms with Crippen LogP contribution in [0.2, 0.25) is 0 Å². The summed E-state index contributed by atoms with van der Waals surface area (Å²) in [4.78, 5) is 22.9. The second-order valence-corrected chi connectivity index (χ2v) is 5.82. The first kappa shape index (κ1) is 19.3. The number of carbonyl (C=O) groups excluding carboxylic acids is 2. The summed E-state index contributed by atoms with van der Waals surface area (Å²) >= 11 is 0. The van der Waals surface area contributed by atoms with Crippen LogP contribution in [0.5, 0.6) is 0 Å². The van der Waals surface area contributed by atoms with E-state index >= 15 is 0 Å². The first-order valence-corrected chi connectivity index (χ1v) is 7.86. The molecule has 1 fully saturated rings. The van der Waals surface area contributed by atoms with E-state index in [2.05, 4.69) is 0 Å². The summed E-state index contributed by atoms with van der Waals surface area (Å²) in [5.74, 6) is -1.30. The molecule has 1 heterocycles. The van der Waals surface area contributed by atoms with Crippen LogP contribution in [0.4, 0.5) is 0 Å². The van der Waals surface area contributed by atoms with Gasteiger partial charge in [0, 0.05) is 13.8 Å². The summed E-state index contributed by atoms with van der Waals surface area (Å²) in [6.07, 6.45) is -5.59. The fraction of sp³-hybridized carbons (Fsp3) is 0.529. The Balaban J connectivity index is 2.44. The predicted octanol–water partition coefficient (Wildman–Crippen LogP) is -0.165. The molecule has 0 saturated carbocycles. The Morgan fingerprint density at radius 3 is 2.32 bits per heavy atom. The van der Waals surface area contributed by atoms with Crippen LogP contribution in [0.15, 0.2) is 24.3 Å². The van der Waals surface area contributed by atoms with Crippen molar-refractivity contribution in [3.63, 3.8) is 0 Å². The lowest BCUT2D eigenvalue weighted by atomic mass is 9.90. The first-order valence-electron chi connectivity index (χ1n) is 7.86. The maximum absolute atomic E-state index is 11.5. The molecule has 0 radical (unpaired) electrons. The first-order chi connectivity index (χ1) is 11.9. The molecular formula is C17H22O8. The van der Waals surface area contributed by atoms with Crippen LogP contribution in [-0.2, 0) is 30.4 Å². The molecular weight excluding hydrogens is 332 g/mol. The molecule has 1 aliphatic heterocycles. The van der Waals surface area contributed by atoms with Gasteiger partial charge in [0.25, 0.3) is 0 Å². The zero-order chi connectivity index (χ0) is 18.6. The fourth-order valence-electron chi connectivity index (χ4n) is 2.86. The van der Waals surface area contributed by atoms with E-state index in [0.717, 1.165) is 0 Å². The Hall–Kier alpha value is -2.00. The van der Waals surface area contributed by atoms with Crippen molar-refractivity contribution in [3.05, 3.63) is 35.4 Å². The summed E-state index contributed by atoms with van der Waals surface area (Å²) in [6, 6.07) is 6.74. The third kappa shape index (κ3) is 4.55. The molecule has 0 spiro atoms. The van der Waals surface area contributed by atoms with Gasteiger partial charge in [-0.25, -0.2) is 0 Å². The lowest BCUT2D eigenvalue weighted by Gasteiger charge is -2.43. The van der Waals surface area contributed by atoms with E-state index in [1.54, 1.807) is 24.3 Å². The predicted molar refractivity (Wildman–Crippen MR) is 84.2 cm³/mol. The molecule has 1 aromatic carbocycles. The molecule has 2 rings (SSSR count). The van der Waals surface area contributed by atoms with E-state index in [9.17, 15) is 24.9 Å². The topological polar surface area (TPSA) is 123 Å². The minimum Gasteiger partial charge on any atom is -0.456 e. The van der Waals surface area contributed by atoms with Crippen molar-refractivity contribution < 1.29 is 39.1 Å². The summed E-state index contributed by atoms with van der Waals surface area (Å²) in [7, 11) is 0. The average molecular weight is 354 g/mol. The molecule has 1 saturated heterocycles. The van der Waals surface area contributed by atoms with Gasteiger partial charge in [0.05, 0.1) is 13.2 Å². The number of aliphatic hydroxyl groups is 3. The SMILES string of the molecule is CC(=O)OC1[C@H](O)C(CO)OC(c2cccc(CO)c2)[C@@H]1OC(C)=O. The van der Waals surface area contributed by atoms with Crippen molar-refractivity contribution in [2.45, 2.75) is 51.0 Å². The Morgan fingerprint density at radius 1 is 1.12 bits per heavy atom. The molecule has 0 aromatic heterocycles. The molecule has 1 aromatic rings. The minimum atomic E-state index is -1.37. The van der Waals surface area contributed by atoms with Gasteiger partial charge in [-0.15, -0.1) is 0 Å². The van der Waals surface area contributed by atoms with Crippen molar-refractivity contribution in [1.82, 2.24) is 0 Å². The summed E-state index contributed by atoms with van der Waals surface area (Å²) in [5.41, 5.74) is 1.17. The van der Waals surface area contributed by atoms with Gasteiger partial charge in [0.2, 0.25) is 0 Å². The molecule has 8 heteroatoms. The highest BCUT2D eigenvalue weighted by atomic mass is 16.6. The van der Waals surface area contributed by atoms with Gasteiger partial charge in [0.1, 0.15) is 18.3 Å². The highest BCUT2D eigenvalue weighted by molar-refractivity contribution is 5.67. The van der Waals surface area contributed by atoms with E-state index in [0.29, 0.717) is 11.1 Å². The van der Waals surface area contributed by atoms with Gasteiger partial charge in [-0.3, -0.25) is 9.59 Å². The highest BCUT2D eigenvalue weighted by Gasteiger charge is 2.49. The molecule has 0 bridgehead atoms. The molecule has 0 amide bonds. The molecule has 5 atom stereocenters. The molecule has 8 nitrogen and oxygen atoms in total. The molecule has 3 N–H and O–H groups in total. The van der Waals surface area contributed by atoms with Crippen molar-refractivity contribution in [2.75, 3.05) is 6.61 Å². The van der Waals surface area contributed by atoms with Gasteiger partial charge < -0.3 is 29.5 Å². The largest absolute Gasteiger partial charge is 0.456 e. The van der Waals surface area contributed by atoms with Gasteiger partial charge in [0.15, 0.2) is 12.2 Å². The minimum absolute atomic E-state index is 0.196. The van der Waals surface area contributed by atoms with Gasteiger partial charge in [-0.2, -0.15) is 0 Å². The number of aliphatic hydroxyl groups excluding tert-OH is 3. The van der Waals surface area contributed by atoms with Gasteiger partial charge in [-0.1, -0.05) is 24.3 Å². The summed E-state index contributed by atoms with van der Waals surface area (Å²) in [5, 5.41) is 29.1. The van der Waals surface area contributed by atoms with Crippen LogP contribution < -0.4 is 0 Å². The summed E-state index contributed by atoms with van der Waals surface area (Å²) in [6.45, 7) is 1.65. The highest BCUT2D eigenvalue weighted by Crippen LogP contribution is 2.36. The Bertz CT molecular complexity index is 616. The Labute approximate surface area is 144 Å². The number of hydrogen-bond acceptors (Lipinski definition) is 8. The third-order valence-electron chi connectivity index (χ3n) is 3.91. The summed E-state index contributed by atoms with van der Waals surface area (Å²) < 4.78 is 16.1. The van der Waals surface area contributed by atoms with Crippen molar-refractivity contribution in [3.8, 4) is 0 Å². The van der Waals surface area contributed by atoms with E-state index in [1.165, 1.54) is 13.8 Å². The number of hydrogen-bond donors (Lipinski definition) is 3. The standard InChI is InChI=1S/C17H22O8/c1-9(20)23-16-14(22)13(8-19)25-15(17(16)24-10(2)21)12-5-3-4-11(6-12)7-18/h3-6,13-19,22H,7-8H2,1-2H3/t13?,14-,15?,16?,17+/m1/s1. The molecule has 138 valence electrons. The number of rotatable bonds is 5. The molecule has 3 unspecified atom stereocenters. The normalized spacial score (nSPS) is 29.1. The quantitative estimate of drug-likeness (QED) is 0.623. The fourth-order valence-corrected chi connectivity index (χ4v) is 2.86. The Morgan fingerprint density at radius 2 is 1.76 bits per heavy atom. The van der Waals surface area contributed by atoms with E-state index in [-0.39, 0.29) is 6.61 Å². The van der Waals surface area contributed by atoms with E-state index in [1.807, 2.05) is 0 Å². The second-order valence-electron chi connectivity index (χ2n) is 5.82. The van der Waals surface area contributed by atoms with Crippen LogP contribution in [0.3, 0.4) is 0 Å². The maximum atomic E-state index is 11.5. The van der Waals surface area contributed by atoms with Crippen LogP contribution in [0.1, 0.15) is 31.1 Å². The second kappa shape index (κ2) is 8.39. The molecule has 0 aliphatic carbocycles. The maximum Gasteiger partial charge on any atom is 0.303 e. The average Bonchev–Trinajstić information content (AvgIpc) is 2.57. The van der Waals surface area contributed by atoms with Crippen molar-refractivity contribution >= 4 is 11.9 Å². The van der Waals surface area contributed by atoms with Crippen LogP contribution >= 0.6 is 0 Å². The lowest BCUT2D eigenvalue weighted by Crippen LogP contribution is -2.58. The zero-order valence-corrected chi connectivity index (χ0v) is 14.0. The van der Waals surface area contributed by atoms with E-state index in [4.69, 9.17) is 14.2 Å². The van der Waals surface area contributed by atoms with Crippen LogP contribution in [-0.4, -0.2) is 58.3 Å². The number of esters is 2. The molecule has 25 heavy (non-hydrogen) atoms. The van der Waals surface area contributed by atoms with Crippen LogP contribution in [0.25, 0.3) is 0 Å². The number of ether oxygens (including phenoxy) is 3. The van der Waals surface area contributed by atoms with E-state index < -0.39 is 49.1 Å². The van der Waals surface area contributed by atoms with Crippen molar-refractivity contribution in [2.24, 2.45) is 0 Å². The molecule has 1 aliphatic rings.